The maximum absolute atomic E-state index is 12.3. The number of carbonyl (C=O) groups excluding carboxylic acids is 1. The van der Waals surface area contributed by atoms with E-state index < -0.39 is 0 Å². The predicted molar refractivity (Wildman–Crippen MR) is 66.8 cm³/mol. The number of nitrogens with one attached hydrogen (secondary N) is 1. The highest BCUT2D eigenvalue weighted by atomic mass is 16.5. The van der Waals surface area contributed by atoms with Crippen LogP contribution in [0.5, 0.6) is 0 Å². The number of likely N-dealkylation sites (tertiary alicyclic amines) is 1. The Morgan fingerprint density at radius 1 is 1.41 bits per heavy atom. The molecule has 1 N–H and O–H groups in total. The largest absolute Gasteiger partial charge is 0.376 e. The second kappa shape index (κ2) is 5.83. The van der Waals surface area contributed by atoms with E-state index in [1.807, 2.05) is 4.90 Å². The Hall–Kier alpha value is -0.610. The van der Waals surface area contributed by atoms with Gasteiger partial charge in [-0.15, -0.1) is 0 Å². The van der Waals surface area contributed by atoms with Crippen LogP contribution >= 0.6 is 0 Å². The highest BCUT2D eigenvalue weighted by molar-refractivity contribution is 5.82. The molecule has 98 valence electrons. The van der Waals surface area contributed by atoms with Gasteiger partial charge >= 0.3 is 0 Å². The average molecular weight is 240 g/mol. The van der Waals surface area contributed by atoms with Gasteiger partial charge in [-0.25, -0.2) is 0 Å². The molecule has 17 heavy (non-hydrogen) atoms. The molecule has 0 radical (unpaired) electrons. The molecular formula is C13H24N2O2. The summed E-state index contributed by atoms with van der Waals surface area (Å²) in [4.78, 5) is 14.2. The van der Waals surface area contributed by atoms with Crippen molar-refractivity contribution in [3.63, 3.8) is 0 Å². The van der Waals surface area contributed by atoms with Crippen molar-refractivity contribution in [1.29, 1.82) is 0 Å². The van der Waals surface area contributed by atoms with Crippen molar-refractivity contribution in [3.8, 4) is 0 Å². The minimum atomic E-state index is 0.0187. The summed E-state index contributed by atoms with van der Waals surface area (Å²) in [7, 11) is 0. The normalized spacial score (nSPS) is 30.3. The SMILES string of the molecule is CC(C)NC1CCCN(CC2CCCO2)C1=O. The molecule has 2 unspecified atom stereocenters. The summed E-state index contributed by atoms with van der Waals surface area (Å²) in [6.07, 6.45) is 4.59. The van der Waals surface area contributed by atoms with E-state index in [4.69, 9.17) is 4.74 Å². The summed E-state index contributed by atoms with van der Waals surface area (Å²) in [5.74, 6) is 0.264. The van der Waals surface area contributed by atoms with Gasteiger partial charge in [0, 0.05) is 25.7 Å². The Morgan fingerprint density at radius 3 is 2.88 bits per heavy atom. The summed E-state index contributed by atoms with van der Waals surface area (Å²) in [6, 6.07) is 0.386. The van der Waals surface area contributed by atoms with Gasteiger partial charge in [0.15, 0.2) is 0 Å². The molecule has 4 heteroatoms. The van der Waals surface area contributed by atoms with E-state index in [1.54, 1.807) is 0 Å². The number of ether oxygens (including phenoxy) is 1. The third kappa shape index (κ3) is 3.42. The fourth-order valence-corrected chi connectivity index (χ4v) is 2.71. The highest BCUT2D eigenvalue weighted by Crippen LogP contribution is 2.18. The van der Waals surface area contributed by atoms with Crippen LogP contribution < -0.4 is 5.32 Å². The number of nitrogens with zero attached hydrogens (tertiary/aromatic N) is 1. The molecule has 2 aliphatic heterocycles. The first-order chi connectivity index (χ1) is 8.16. The zero-order valence-corrected chi connectivity index (χ0v) is 10.9. The maximum atomic E-state index is 12.3. The summed E-state index contributed by atoms with van der Waals surface area (Å²) >= 11 is 0. The van der Waals surface area contributed by atoms with Crippen molar-refractivity contribution in [1.82, 2.24) is 10.2 Å². The lowest BCUT2D eigenvalue weighted by molar-refractivity contribution is -0.137. The molecule has 2 atom stereocenters. The fraction of sp³-hybridized carbons (Fsp3) is 0.923. The second-order valence-electron chi connectivity index (χ2n) is 5.44. The summed E-state index contributed by atoms with van der Waals surface area (Å²) in [6.45, 7) is 6.73. The zero-order chi connectivity index (χ0) is 12.3. The van der Waals surface area contributed by atoms with Crippen LogP contribution in [0.3, 0.4) is 0 Å². The van der Waals surface area contributed by atoms with Crippen LogP contribution in [-0.4, -0.2) is 48.7 Å². The molecule has 0 aromatic carbocycles. The minimum absolute atomic E-state index is 0.0187. The van der Waals surface area contributed by atoms with Gasteiger partial charge in [0.05, 0.1) is 12.1 Å². The molecule has 4 nitrogen and oxygen atoms in total. The smallest absolute Gasteiger partial charge is 0.239 e. The molecular weight excluding hydrogens is 216 g/mol. The summed E-state index contributed by atoms with van der Waals surface area (Å²) in [5, 5.41) is 3.35. The van der Waals surface area contributed by atoms with Crippen molar-refractivity contribution < 1.29 is 9.53 Å². The van der Waals surface area contributed by atoms with Crippen LogP contribution in [0.25, 0.3) is 0 Å². The molecule has 2 heterocycles. The predicted octanol–water partition coefficient (Wildman–Crippen LogP) is 1.15. The van der Waals surface area contributed by atoms with Crippen LogP contribution in [0.15, 0.2) is 0 Å². The lowest BCUT2D eigenvalue weighted by Crippen LogP contribution is -2.53. The van der Waals surface area contributed by atoms with E-state index in [0.717, 1.165) is 45.4 Å². The maximum Gasteiger partial charge on any atom is 0.239 e. The lowest BCUT2D eigenvalue weighted by Gasteiger charge is -2.34. The number of hydrogen-bond acceptors (Lipinski definition) is 3. The lowest BCUT2D eigenvalue weighted by atomic mass is 10.0. The number of amides is 1. The van der Waals surface area contributed by atoms with Gasteiger partial charge in [0.25, 0.3) is 0 Å². The van der Waals surface area contributed by atoms with Gasteiger partial charge in [0.2, 0.25) is 5.91 Å². The topological polar surface area (TPSA) is 41.6 Å². The molecule has 2 aliphatic rings. The molecule has 2 saturated heterocycles. The van der Waals surface area contributed by atoms with Crippen LogP contribution in [0.1, 0.15) is 39.5 Å². The standard InChI is InChI=1S/C13H24N2O2/c1-10(2)14-12-6-3-7-15(13(12)16)9-11-5-4-8-17-11/h10-12,14H,3-9H2,1-2H3. The molecule has 0 saturated carbocycles. The molecule has 0 bridgehead atoms. The van der Waals surface area contributed by atoms with Crippen molar-refractivity contribution in [2.45, 2.75) is 57.7 Å². The quantitative estimate of drug-likeness (QED) is 0.801. The minimum Gasteiger partial charge on any atom is -0.376 e. The molecule has 0 spiro atoms. The molecule has 0 aromatic rings. The number of carbonyl (C=O) groups is 1. The third-order valence-electron chi connectivity index (χ3n) is 3.51. The Kier molecular flexibility index (Phi) is 4.40. The van der Waals surface area contributed by atoms with Crippen molar-refractivity contribution in [2.75, 3.05) is 19.7 Å². The van der Waals surface area contributed by atoms with Crippen molar-refractivity contribution >= 4 is 5.91 Å². The second-order valence-corrected chi connectivity index (χ2v) is 5.44. The highest BCUT2D eigenvalue weighted by Gasteiger charge is 2.31. The third-order valence-corrected chi connectivity index (χ3v) is 3.51. The van der Waals surface area contributed by atoms with Crippen LogP contribution in [0.4, 0.5) is 0 Å². The number of hydrogen-bond donors (Lipinski definition) is 1. The van der Waals surface area contributed by atoms with Crippen LogP contribution in [0, 0.1) is 0 Å². The molecule has 0 aliphatic carbocycles. The Morgan fingerprint density at radius 2 is 2.24 bits per heavy atom. The molecule has 1 amide bonds. The first-order valence-corrected chi connectivity index (χ1v) is 6.83. The Labute approximate surface area is 104 Å². The molecule has 0 aromatic heterocycles. The van der Waals surface area contributed by atoms with Gasteiger partial charge in [-0.2, -0.15) is 0 Å². The Balaban J connectivity index is 1.86. The zero-order valence-electron chi connectivity index (χ0n) is 10.9. The number of piperidine rings is 1. The van der Waals surface area contributed by atoms with E-state index in [-0.39, 0.29) is 18.1 Å². The summed E-state index contributed by atoms with van der Waals surface area (Å²) in [5.41, 5.74) is 0. The van der Waals surface area contributed by atoms with E-state index >= 15 is 0 Å². The first-order valence-electron chi connectivity index (χ1n) is 6.83. The Bertz CT molecular complexity index is 262. The fourth-order valence-electron chi connectivity index (χ4n) is 2.71. The van der Waals surface area contributed by atoms with Gasteiger partial charge in [-0.3, -0.25) is 4.79 Å². The van der Waals surface area contributed by atoms with E-state index in [9.17, 15) is 4.79 Å². The van der Waals surface area contributed by atoms with Crippen LogP contribution in [-0.2, 0) is 9.53 Å². The van der Waals surface area contributed by atoms with E-state index in [1.165, 1.54) is 0 Å². The van der Waals surface area contributed by atoms with E-state index in [2.05, 4.69) is 19.2 Å². The molecule has 2 rings (SSSR count). The van der Waals surface area contributed by atoms with Gasteiger partial charge in [-0.1, -0.05) is 13.8 Å². The van der Waals surface area contributed by atoms with E-state index in [0.29, 0.717) is 6.04 Å². The number of rotatable bonds is 4. The van der Waals surface area contributed by atoms with Crippen molar-refractivity contribution in [2.24, 2.45) is 0 Å². The van der Waals surface area contributed by atoms with Crippen LogP contribution in [0.2, 0.25) is 0 Å². The molecule has 2 fully saturated rings. The average Bonchev–Trinajstić information content (AvgIpc) is 2.76. The first kappa shape index (κ1) is 12.8. The van der Waals surface area contributed by atoms with Gasteiger partial charge in [0.1, 0.15) is 0 Å². The van der Waals surface area contributed by atoms with Gasteiger partial charge in [-0.05, 0) is 25.7 Å². The van der Waals surface area contributed by atoms with Gasteiger partial charge < -0.3 is 15.0 Å². The summed E-state index contributed by atoms with van der Waals surface area (Å²) < 4.78 is 5.61. The van der Waals surface area contributed by atoms with Crippen molar-refractivity contribution in [3.05, 3.63) is 0 Å². The monoisotopic (exact) mass is 240 g/mol.